The molecule has 0 bridgehead atoms. The van der Waals surface area contributed by atoms with E-state index in [-0.39, 0.29) is 11.9 Å². The molecule has 1 rings (SSSR count). The van der Waals surface area contributed by atoms with Crippen molar-refractivity contribution in [2.75, 3.05) is 26.2 Å². The van der Waals surface area contributed by atoms with Gasteiger partial charge in [0.1, 0.15) is 0 Å². The fourth-order valence-electron chi connectivity index (χ4n) is 1.89. The van der Waals surface area contributed by atoms with Crippen LogP contribution in [0.15, 0.2) is 12.7 Å². The molecule has 4 nitrogen and oxygen atoms in total. The average Bonchev–Trinajstić information content (AvgIpc) is 2.73. The van der Waals surface area contributed by atoms with Gasteiger partial charge in [0.15, 0.2) is 0 Å². The van der Waals surface area contributed by atoms with E-state index < -0.39 is 0 Å². The number of carbonyl (C=O) groups is 1. The monoisotopic (exact) mass is 211 g/mol. The van der Waals surface area contributed by atoms with Crippen molar-refractivity contribution in [3.63, 3.8) is 0 Å². The molecule has 86 valence electrons. The third-order valence-electron chi connectivity index (χ3n) is 3.00. The predicted molar refractivity (Wildman–Crippen MR) is 61.4 cm³/mol. The molecular formula is C11H21N3O. The molecule has 0 aromatic heterocycles. The number of nitrogens with two attached hydrogens (primary N) is 1. The summed E-state index contributed by atoms with van der Waals surface area (Å²) < 4.78 is 0. The van der Waals surface area contributed by atoms with Crippen LogP contribution in [-0.2, 0) is 4.79 Å². The Balaban J connectivity index is 2.36. The summed E-state index contributed by atoms with van der Waals surface area (Å²) in [5.74, 6) is 0.632. The van der Waals surface area contributed by atoms with E-state index in [1.54, 1.807) is 6.08 Å². The van der Waals surface area contributed by atoms with Gasteiger partial charge in [0.2, 0.25) is 5.91 Å². The normalized spacial score (nSPS) is 23.7. The summed E-state index contributed by atoms with van der Waals surface area (Å²) in [4.78, 5) is 13.8. The second-order valence-electron chi connectivity index (χ2n) is 4.10. The smallest absolute Gasteiger partial charge is 0.237 e. The van der Waals surface area contributed by atoms with Crippen LogP contribution in [0, 0.1) is 5.92 Å². The first-order valence-corrected chi connectivity index (χ1v) is 5.51. The van der Waals surface area contributed by atoms with E-state index in [0.717, 1.165) is 26.1 Å². The highest BCUT2D eigenvalue weighted by Gasteiger charge is 2.28. The first-order chi connectivity index (χ1) is 7.19. The molecule has 0 aromatic rings. The number of hydrogen-bond donors (Lipinski definition) is 2. The van der Waals surface area contributed by atoms with Crippen LogP contribution in [0.1, 0.15) is 13.3 Å². The summed E-state index contributed by atoms with van der Waals surface area (Å²) in [6, 6.07) is -0.0542. The van der Waals surface area contributed by atoms with E-state index in [0.29, 0.717) is 12.5 Å². The van der Waals surface area contributed by atoms with Gasteiger partial charge in [-0.3, -0.25) is 9.69 Å². The Morgan fingerprint density at radius 3 is 3.07 bits per heavy atom. The third kappa shape index (κ3) is 3.32. The maximum atomic E-state index is 11.7. The molecule has 2 unspecified atom stereocenters. The van der Waals surface area contributed by atoms with Gasteiger partial charge < -0.3 is 11.1 Å². The summed E-state index contributed by atoms with van der Waals surface area (Å²) >= 11 is 0. The fourth-order valence-corrected chi connectivity index (χ4v) is 1.89. The van der Waals surface area contributed by atoms with E-state index in [2.05, 4.69) is 16.8 Å². The Bertz CT molecular complexity index is 230. The second-order valence-corrected chi connectivity index (χ2v) is 4.10. The molecule has 0 radical (unpaired) electrons. The van der Waals surface area contributed by atoms with Crippen LogP contribution in [0.25, 0.3) is 0 Å². The van der Waals surface area contributed by atoms with Gasteiger partial charge in [-0.25, -0.2) is 0 Å². The molecular weight excluding hydrogens is 190 g/mol. The number of nitrogens with one attached hydrogen (secondary N) is 1. The van der Waals surface area contributed by atoms with Gasteiger partial charge in [0, 0.05) is 13.1 Å². The highest BCUT2D eigenvalue weighted by atomic mass is 16.2. The van der Waals surface area contributed by atoms with Crippen LogP contribution < -0.4 is 11.1 Å². The quantitative estimate of drug-likeness (QED) is 0.627. The summed E-state index contributed by atoms with van der Waals surface area (Å²) in [7, 11) is 0. The number of carbonyl (C=O) groups excluding carboxylic acids is 1. The van der Waals surface area contributed by atoms with Crippen molar-refractivity contribution >= 4 is 5.91 Å². The van der Waals surface area contributed by atoms with Gasteiger partial charge >= 0.3 is 0 Å². The van der Waals surface area contributed by atoms with Crippen molar-refractivity contribution in [3.8, 4) is 0 Å². The minimum Gasteiger partial charge on any atom is -0.351 e. The molecule has 3 N–H and O–H groups in total. The zero-order chi connectivity index (χ0) is 11.3. The van der Waals surface area contributed by atoms with E-state index in [1.165, 1.54) is 0 Å². The van der Waals surface area contributed by atoms with Crippen molar-refractivity contribution < 1.29 is 4.79 Å². The number of amides is 1. The zero-order valence-electron chi connectivity index (χ0n) is 9.41. The molecule has 1 amide bonds. The lowest BCUT2D eigenvalue weighted by Crippen LogP contribution is -2.44. The van der Waals surface area contributed by atoms with E-state index >= 15 is 0 Å². The van der Waals surface area contributed by atoms with E-state index in [1.807, 2.05) is 6.92 Å². The van der Waals surface area contributed by atoms with Crippen molar-refractivity contribution in [1.29, 1.82) is 0 Å². The largest absolute Gasteiger partial charge is 0.351 e. The Morgan fingerprint density at radius 1 is 1.80 bits per heavy atom. The maximum absolute atomic E-state index is 11.7. The molecule has 1 saturated heterocycles. The Labute approximate surface area is 91.5 Å². The van der Waals surface area contributed by atoms with Gasteiger partial charge in [-0.2, -0.15) is 0 Å². The maximum Gasteiger partial charge on any atom is 0.237 e. The highest BCUT2D eigenvalue weighted by Crippen LogP contribution is 2.17. The van der Waals surface area contributed by atoms with Crippen LogP contribution in [-0.4, -0.2) is 43.0 Å². The molecule has 1 aliphatic heterocycles. The number of hydrogen-bond acceptors (Lipinski definition) is 3. The molecule has 1 fully saturated rings. The minimum absolute atomic E-state index is 0.0542. The van der Waals surface area contributed by atoms with Crippen LogP contribution in [0.3, 0.4) is 0 Å². The van der Waals surface area contributed by atoms with Gasteiger partial charge in [-0.05, 0) is 32.4 Å². The molecule has 0 aromatic carbocycles. The van der Waals surface area contributed by atoms with Gasteiger partial charge in [0.05, 0.1) is 6.04 Å². The van der Waals surface area contributed by atoms with Gasteiger partial charge in [0.25, 0.3) is 0 Å². The molecule has 15 heavy (non-hydrogen) atoms. The van der Waals surface area contributed by atoms with Crippen molar-refractivity contribution in [3.05, 3.63) is 12.7 Å². The number of nitrogens with zero attached hydrogens (tertiary/aromatic N) is 1. The standard InChI is InChI=1S/C11H21N3O/c1-3-5-13-11(15)9(2)14-6-4-10(7-12)8-14/h3,9-10H,1,4-8,12H2,2H3,(H,13,15). The lowest BCUT2D eigenvalue weighted by molar-refractivity contribution is -0.125. The molecule has 1 aliphatic rings. The van der Waals surface area contributed by atoms with Crippen LogP contribution in [0.4, 0.5) is 0 Å². The SMILES string of the molecule is C=CCNC(=O)C(C)N1CCC(CN)C1. The topological polar surface area (TPSA) is 58.4 Å². The van der Waals surface area contributed by atoms with Gasteiger partial charge in [-0.1, -0.05) is 6.08 Å². The number of rotatable bonds is 5. The minimum atomic E-state index is -0.0542. The third-order valence-corrected chi connectivity index (χ3v) is 3.00. The van der Waals surface area contributed by atoms with Crippen LogP contribution >= 0.6 is 0 Å². The lowest BCUT2D eigenvalue weighted by Gasteiger charge is -2.23. The summed E-state index contributed by atoms with van der Waals surface area (Å²) in [6.07, 6.45) is 2.80. The molecule has 2 atom stereocenters. The average molecular weight is 211 g/mol. The van der Waals surface area contributed by atoms with Crippen molar-refractivity contribution in [2.24, 2.45) is 11.7 Å². The van der Waals surface area contributed by atoms with Crippen molar-refractivity contribution in [1.82, 2.24) is 10.2 Å². The Morgan fingerprint density at radius 2 is 2.53 bits per heavy atom. The molecule has 0 aliphatic carbocycles. The van der Waals surface area contributed by atoms with Crippen LogP contribution in [0.5, 0.6) is 0 Å². The summed E-state index contributed by atoms with van der Waals surface area (Å²) in [5, 5.41) is 2.81. The highest BCUT2D eigenvalue weighted by molar-refractivity contribution is 5.81. The van der Waals surface area contributed by atoms with Crippen LogP contribution in [0.2, 0.25) is 0 Å². The molecule has 1 heterocycles. The Kier molecular flexibility index (Phi) is 4.78. The molecule has 4 heteroatoms. The predicted octanol–water partition coefficient (Wildman–Crippen LogP) is -0.0423. The van der Waals surface area contributed by atoms with Gasteiger partial charge in [-0.15, -0.1) is 6.58 Å². The number of likely N-dealkylation sites (tertiary alicyclic amines) is 1. The zero-order valence-corrected chi connectivity index (χ0v) is 9.41. The molecule has 0 spiro atoms. The first kappa shape index (κ1) is 12.2. The molecule has 0 saturated carbocycles. The van der Waals surface area contributed by atoms with Crippen molar-refractivity contribution in [2.45, 2.75) is 19.4 Å². The second kappa shape index (κ2) is 5.88. The first-order valence-electron chi connectivity index (χ1n) is 5.51. The summed E-state index contributed by atoms with van der Waals surface area (Å²) in [5.41, 5.74) is 5.61. The van der Waals surface area contributed by atoms with E-state index in [4.69, 9.17) is 5.73 Å². The van der Waals surface area contributed by atoms with E-state index in [9.17, 15) is 4.79 Å². The lowest BCUT2D eigenvalue weighted by atomic mass is 10.1. The summed E-state index contributed by atoms with van der Waals surface area (Å²) in [6.45, 7) is 8.69. The fraction of sp³-hybridized carbons (Fsp3) is 0.727. The Hall–Kier alpha value is -0.870.